The average molecular weight is 205 g/mol. The van der Waals surface area contributed by atoms with Crippen molar-refractivity contribution < 1.29 is 14.7 Å². The van der Waals surface area contributed by atoms with Crippen LogP contribution in [0.15, 0.2) is 12.1 Å². The Morgan fingerprint density at radius 3 is 2.93 bits per heavy atom. The standard InChI is InChI=1S/C11H11NO3/c1-2-9(13)7-3-6-4-11(15)12-8(6)5-10(7)14/h3,5,14H,2,4H2,1H3,(H,12,15). The molecule has 4 heteroatoms. The van der Waals surface area contributed by atoms with Crippen LogP contribution >= 0.6 is 0 Å². The van der Waals surface area contributed by atoms with E-state index in [1.54, 1.807) is 13.0 Å². The Hall–Kier alpha value is -1.84. The van der Waals surface area contributed by atoms with Gasteiger partial charge in [0.1, 0.15) is 5.75 Å². The van der Waals surface area contributed by atoms with E-state index in [4.69, 9.17) is 0 Å². The summed E-state index contributed by atoms with van der Waals surface area (Å²) in [6.45, 7) is 1.73. The van der Waals surface area contributed by atoms with E-state index in [0.717, 1.165) is 5.56 Å². The fraction of sp³-hybridized carbons (Fsp3) is 0.273. The van der Waals surface area contributed by atoms with Crippen LogP contribution in [0, 0.1) is 0 Å². The van der Waals surface area contributed by atoms with Crippen LogP contribution in [0.1, 0.15) is 29.3 Å². The lowest BCUT2D eigenvalue weighted by atomic mass is 10.0. The van der Waals surface area contributed by atoms with Gasteiger partial charge in [-0.1, -0.05) is 6.92 Å². The van der Waals surface area contributed by atoms with Gasteiger partial charge in [-0.3, -0.25) is 9.59 Å². The molecule has 0 fully saturated rings. The van der Waals surface area contributed by atoms with Gasteiger partial charge in [-0.2, -0.15) is 0 Å². The molecule has 1 aromatic carbocycles. The normalized spacial score (nSPS) is 13.5. The molecule has 1 amide bonds. The molecule has 0 spiro atoms. The number of hydrogen-bond acceptors (Lipinski definition) is 3. The zero-order chi connectivity index (χ0) is 11.0. The zero-order valence-corrected chi connectivity index (χ0v) is 8.33. The highest BCUT2D eigenvalue weighted by atomic mass is 16.3. The maximum absolute atomic E-state index is 11.5. The van der Waals surface area contributed by atoms with Gasteiger partial charge in [0.05, 0.1) is 12.0 Å². The third kappa shape index (κ3) is 1.58. The van der Waals surface area contributed by atoms with E-state index >= 15 is 0 Å². The topological polar surface area (TPSA) is 66.4 Å². The van der Waals surface area contributed by atoms with Gasteiger partial charge < -0.3 is 10.4 Å². The van der Waals surface area contributed by atoms with E-state index in [-0.39, 0.29) is 23.9 Å². The summed E-state index contributed by atoms with van der Waals surface area (Å²) in [6.07, 6.45) is 0.618. The first-order valence-electron chi connectivity index (χ1n) is 4.80. The summed E-state index contributed by atoms with van der Waals surface area (Å²) in [7, 11) is 0. The minimum Gasteiger partial charge on any atom is -0.507 e. The number of rotatable bonds is 2. The van der Waals surface area contributed by atoms with Crippen LogP contribution in [0.4, 0.5) is 5.69 Å². The first-order chi connectivity index (χ1) is 7.11. The second-order valence-corrected chi connectivity index (χ2v) is 3.53. The lowest BCUT2D eigenvalue weighted by Gasteiger charge is -2.05. The van der Waals surface area contributed by atoms with Crippen LogP contribution in [-0.2, 0) is 11.2 Å². The Kier molecular flexibility index (Phi) is 2.19. The van der Waals surface area contributed by atoms with Crippen LogP contribution in [0.5, 0.6) is 5.75 Å². The molecular formula is C11H11NO3. The fourth-order valence-electron chi connectivity index (χ4n) is 1.68. The summed E-state index contributed by atoms with van der Waals surface area (Å²) < 4.78 is 0. The maximum atomic E-state index is 11.5. The minimum atomic E-state index is -0.116. The first-order valence-corrected chi connectivity index (χ1v) is 4.80. The van der Waals surface area contributed by atoms with Crippen LogP contribution < -0.4 is 5.32 Å². The average Bonchev–Trinajstić information content (AvgIpc) is 2.55. The summed E-state index contributed by atoms with van der Waals surface area (Å²) in [5.74, 6) is -0.289. The SMILES string of the molecule is CCC(=O)c1cc2c(cc1O)NC(=O)C2. The molecule has 0 aromatic heterocycles. The number of carbonyl (C=O) groups is 2. The molecule has 0 aliphatic carbocycles. The smallest absolute Gasteiger partial charge is 0.228 e. The molecule has 0 radical (unpaired) electrons. The lowest BCUT2D eigenvalue weighted by Crippen LogP contribution is -2.03. The Labute approximate surface area is 86.9 Å². The Balaban J connectivity index is 2.48. The highest BCUT2D eigenvalue weighted by Gasteiger charge is 2.21. The van der Waals surface area contributed by atoms with Crippen LogP contribution in [0.3, 0.4) is 0 Å². The number of carbonyl (C=O) groups excluding carboxylic acids is 2. The van der Waals surface area contributed by atoms with E-state index in [2.05, 4.69) is 5.32 Å². The monoisotopic (exact) mass is 205 g/mol. The van der Waals surface area contributed by atoms with Crippen LogP contribution in [0.25, 0.3) is 0 Å². The number of Topliss-reactive ketones (excluding diaryl/α,β-unsaturated/α-hetero) is 1. The van der Waals surface area contributed by atoms with Crippen molar-refractivity contribution in [2.24, 2.45) is 0 Å². The van der Waals surface area contributed by atoms with E-state index in [0.29, 0.717) is 17.7 Å². The number of benzene rings is 1. The molecule has 0 saturated heterocycles. The molecule has 4 nitrogen and oxygen atoms in total. The number of hydrogen-bond donors (Lipinski definition) is 2. The molecule has 2 N–H and O–H groups in total. The van der Waals surface area contributed by atoms with Crippen molar-refractivity contribution in [3.63, 3.8) is 0 Å². The molecule has 15 heavy (non-hydrogen) atoms. The largest absolute Gasteiger partial charge is 0.507 e. The number of amides is 1. The quantitative estimate of drug-likeness (QED) is 0.718. The third-order valence-corrected chi connectivity index (χ3v) is 2.47. The highest BCUT2D eigenvalue weighted by molar-refractivity contribution is 6.03. The summed E-state index contributed by atoms with van der Waals surface area (Å²) in [5.41, 5.74) is 1.67. The predicted octanol–water partition coefficient (Wildman–Crippen LogP) is 1.48. The molecule has 0 atom stereocenters. The van der Waals surface area contributed by atoms with Gasteiger partial charge in [0.25, 0.3) is 0 Å². The van der Waals surface area contributed by atoms with Crippen molar-refractivity contribution in [2.75, 3.05) is 5.32 Å². The number of phenols is 1. The van der Waals surface area contributed by atoms with Gasteiger partial charge in [-0.25, -0.2) is 0 Å². The van der Waals surface area contributed by atoms with Crippen molar-refractivity contribution >= 4 is 17.4 Å². The molecular weight excluding hydrogens is 194 g/mol. The number of anilines is 1. The molecule has 1 aromatic rings. The molecule has 2 rings (SSSR count). The van der Waals surface area contributed by atoms with Crippen molar-refractivity contribution in [1.29, 1.82) is 0 Å². The van der Waals surface area contributed by atoms with Gasteiger partial charge in [0.2, 0.25) is 5.91 Å². The maximum Gasteiger partial charge on any atom is 0.228 e. The summed E-state index contributed by atoms with van der Waals surface area (Å²) in [5, 5.41) is 12.2. The van der Waals surface area contributed by atoms with Gasteiger partial charge in [-0.15, -0.1) is 0 Å². The number of nitrogens with one attached hydrogen (secondary N) is 1. The van der Waals surface area contributed by atoms with Crippen LogP contribution in [0.2, 0.25) is 0 Å². The molecule has 1 aliphatic heterocycles. The lowest BCUT2D eigenvalue weighted by molar-refractivity contribution is -0.115. The number of phenolic OH excluding ortho intramolecular Hbond substituents is 1. The van der Waals surface area contributed by atoms with E-state index < -0.39 is 0 Å². The van der Waals surface area contributed by atoms with E-state index in [9.17, 15) is 14.7 Å². The second kappa shape index (κ2) is 3.38. The minimum absolute atomic E-state index is 0.0669. The van der Waals surface area contributed by atoms with Gasteiger partial charge in [0.15, 0.2) is 5.78 Å². The van der Waals surface area contributed by atoms with Gasteiger partial charge in [0, 0.05) is 18.2 Å². The Morgan fingerprint density at radius 1 is 1.53 bits per heavy atom. The van der Waals surface area contributed by atoms with E-state index in [1.165, 1.54) is 6.07 Å². The van der Waals surface area contributed by atoms with Crippen molar-refractivity contribution in [3.05, 3.63) is 23.3 Å². The summed E-state index contributed by atoms with van der Waals surface area (Å²) in [4.78, 5) is 22.5. The van der Waals surface area contributed by atoms with Gasteiger partial charge in [-0.05, 0) is 11.6 Å². The molecule has 0 unspecified atom stereocenters. The molecule has 0 bridgehead atoms. The number of ketones is 1. The molecule has 1 heterocycles. The number of fused-ring (bicyclic) bond motifs is 1. The zero-order valence-electron chi connectivity index (χ0n) is 8.33. The van der Waals surface area contributed by atoms with Crippen LogP contribution in [-0.4, -0.2) is 16.8 Å². The summed E-state index contributed by atoms with van der Waals surface area (Å²) >= 11 is 0. The summed E-state index contributed by atoms with van der Waals surface area (Å²) in [6, 6.07) is 3.03. The fourth-order valence-corrected chi connectivity index (χ4v) is 1.68. The second-order valence-electron chi connectivity index (χ2n) is 3.53. The highest BCUT2D eigenvalue weighted by Crippen LogP contribution is 2.31. The first kappa shape index (κ1) is 9.71. The molecule has 1 aliphatic rings. The third-order valence-electron chi connectivity index (χ3n) is 2.47. The van der Waals surface area contributed by atoms with Crippen molar-refractivity contribution in [1.82, 2.24) is 0 Å². The molecule has 78 valence electrons. The molecule has 0 saturated carbocycles. The predicted molar refractivity (Wildman–Crippen MR) is 55.1 cm³/mol. The van der Waals surface area contributed by atoms with E-state index in [1.807, 2.05) is 0 Å². The van der Waals surface area contributed by atoms with Crippen molar-refractivity contribution in [3.8, 4) is 5.75 Å². The number of aromatic hydroxyl groups is 1. The Morgan fingerprint density at radius 2 is 2.27 bits per heavy atom. The Bertz CT molecular complexity index is 451. The van der Waals surface area contributed by atoms with Crippen molar-refractivity contribution in [2.45, 2.75) is 19.8 Å². The van der Waals surface area contributed by atoms with Gasteiger partial charge >= 0.3 is 0 Å².